The van der Waals surface area contributed by atoms with E-state index < -0.39 is 39.6 Å². The Morgan fingerprint density at radius 1 is 1.39 bits per heavy atom. The Morgan fingerprint density at radius 3 is 2.70 bits per heavy atom. The summed E-state index contributed by atoms with van der Waals surface area (Å²) in [7, 11) is -3.24. The molecule has 2 rings (SSSR count). The van der Waals surface area contributed by atoms with E-state index >= 15 is 0 Å². The van der Waals surface area contributed by atoms with Gasteiger partial charge in [-0.25, -0.2) is 12.8 Å². The van der Waals surface area contributed by atoms with Gasteiger partial charge in [-0.05, 0) is 19.1 Å². The summed E-state index contributed by atoms with van der Waals surface area (Å²) in [4.78, 5) is 23.6. The third kappa shape index (κ3) is 4.88. The fourth-order valence-electron chi connectivity index (χ4n) is 2.08. The molecule has 2 atom stereocenters. The van der Waals surface area contributed by atoms with Crippen LogP contribution in [0.1, 0.15) is 13.3 Å². The van der Waals surface area contributed by atoms with Crippen molar-refractivity contribution in [2.45, 2.75) is 19.4 Å². The van der Waals surface area contributed by atoms with E-state index in [1.165, 1.54) is 31.2 Å². The summed E-state index contributed by atoms with van der Waals surface area (Å²) in [5.74, 6) is -2.54. The summed E-state index contributed by atoms with van der Waals surface area (Å²) in [6.45, 7) is 1.36. The number of esters is 1. The quantitative estimate of drug-likeness (QED) is 0.823. The number of carbonyl (C=O) groups excluding carboxylic acids is 2. The summed E-state index contributed by atoms with van der Waals surface area (Å²) < 4.78 is 40.9. The van der Waals surface area contributed by atoms with Crippen molar-refractivity contribution >= 4 is 27.4 Å². The van der Waals surface area contributed by atoms with E-state index in [0.717, 1.165) is 5.41 Å². The smallest absolute Gasteiger partial charge is 0.307 e. The number of sulfone groups is 1. The lowest BCUT2D eigenvalue weighted by atomic mass is 10.1. The van der Waals surface area contributed by atoms with Gasteiger partial charge in [0.1, 0.15) is 5.82 Å². The summed E-state index contributed by atoms with van der Waals surface area (Å²) in [6.07, 6.45) is 0.178. The standard InChI is InChI=1S/C15H16FNO5S/c1-10(15(19)17-13-5-3-2-4-12(13)16)22-14(18)8-11-6-7-23(20,21)9-11/h2-7,10-11H,8-9H2,1H3,(H,17,19). The molecule has 0 fully saturated rings. The predicted molar refractivity (Wildman–Crippen MR) is 81.6 cm³/mol. The summed E-state index contributed by atoms with van der Waals surface area (Å²) >= 11 is 0. The van der Waals surface area contributed by atoms with Crippen molar-refractivity contribution in [3.05, 3.63) is 41.6 Å². The molecule has 1 aromatic rings. The lowest BCUT2D eigenvalue weighted by Gasteiger charge is -2.14. The Balaban J connectivity index is 1.85. The molecule has 124 valence electrons. The van der Waals surface area contributed by atoms with Crippen LogP contribution in [-0.2, 0) is 24.2 Å². The fraction of sp³-hybridized carbons (Fsp3) is 0.333. The second-order valence-corrected chi connectivity index (χ2v) is 7.15. The molecule has 1 N–H and O–H groups in total. The molecular weight excluding hydrogens is 325 g/mol. The fourth-order valence-corrected chi connectivity index (χ4v) is 3.48. The molecule has 0 spiro atoms. The van der Waals surface area contributed by atoms with Gasteiger partial charge in [-0.2, -0.15) is 0 Å². The zero-order chi connectivity index (χ0) is 17.0. The monoisotopic (exact) mass is 341 g/mol. The van der Waals surface area contributed by atoms with E-state index in [1.54, 1.807) is 6.07 Å². The molecule has 1 aromatic carbocycles. The maximum absolute atomic E-state index is 13.4. The van der Waals surface area contributed by atoms with Crippen LogP contribution in [0.4, 0.5) is 10.1 Å². The first-order chi connectivity index (χ1) is 10.8. The van der Waals surface area contributed by atoms with Gasteiger partial charge in [0.25, 0.3) is 5.91 Å². The zero-order valence-electron chi connectivity index (χ0n) is 12.4. The van der Waals surface area contributed by atoms with Crippen LogP contribution in [0, 0.1) is 11.7 Å². The van der Waals surface area contributed by atoms with Crippen LogP contribution in [0.5, 0.6) is 0 Å². The number of allylic oxidation sites excluding steroid dienone is 1. The number of para-hydroxylation sites is 1. The maximum atomic E-state index is 13.4. The average molecular weight is 341 g/mol. The molecule has 8 heteroatoms. The van der Waals surface area contributed by atoms with Crippen LogP contribution in [0.3, 0.4) is 0 Å². The minimum absolute atomic E-state index is 0.00906. The van der Waals surface area contributed by atoms with E-state index in [-0.39, 0.29) is 17.9 Å². The second kappa shape index (κ2) is 6.91. The van der Waals surface area contributed by atoms with Crippen molar-refractivity contribution in [1.29, 1.82) is 0 Å². The number of nitrogens with one attached hydrogen (secondary N) is 1. The molecule has 1 aliphatic rings. The molecule has 0 bridgehead atoms. The van der Waals surface area contributed by atoms with Gasteiger partial charge in [-0.15, -0.1) is 0 Å². The Hall–Kier alpha value is -2.22. The van der Waals surface area contributed by atoms with Crippen molar-refractivity contribution in [1.82, 2.24) is 0 Å². The first kappa shape index (κ1) is 17.1. The van der Waals surface area contributed by atoms with Crippen molar-refractivity contribution in [2.24, 2.45) is 5.92 Å². The van der Waals surface area contributed by atoms with Gasteiger partial charge >= 0.3 is 5.97 Å². The summed E-state index contributed by atoms with van der Waals surface area (Å²) in [5.41, 5.74) is -0.00906. The summed E-state index contributed by atoms with van der Waals surface area (Å²) in [5, 5.41) is 3.39. The molecule has 23 heavy (non-hydrogen) atoms. The molecule has 1 heterocycles. The Morgan fingerprint density at radius 2 is 2.09 bits per heavy atom. The minimum atomic E-state index is -3.24. The van der Waals surface area contributed by atoms with Crippen LogP contribution in [0.25, 0.3) is 0 Å². The first-order valence-corrected chi connectivity index (χ1v) is 8.64. The number of hydrogen-bond donors (Lipinski definition) is 1. The van der Waals surface area contributed by atoms with Gasteiger partial charge < -0.3 is 10.1 Å². The van der Waals surface area contributed by atoms with Gasteiger partial charge in [0.15, 0.2) is 15.9 Å². The Bertz CT molecular complexity index is 744. The molecule has 0 aliphatic carbocycles. The lowest BCUT2D eigenvalue weighted by molar-refractivity contribution is -0.153. The van der Waals surface area contributed by atoms with Crippen LogP contribution in [-0.4, -0.2) is 32.2 Å². The number of benzene rings is 1. The average Bonchev–Trinajstić information content (AvgIpc) is 2.80. The maximum Gasteiger partial charge on any atom is 0.307 e. The SMILES string of the molecule is CC(OC(=O)CC1C=CS(=O)(=O)C1)C(=O)Nc1ccccc1F. The molecule has 0 saturated carbocycles. The highest BCUT2D eigenvalue weighted by atomic mass is 32.2. The number of amides is 1. The molecule has 0 aromatic heterocycles. The number of ether oxygens (including phenoxy) is 1. The highest BCUT2D eigenvalue weighted by molar-refractivity contribution is 7.94. The van der Waals surface area contributed by atoms with Crippen molar-refractivity contribution in [2.75, 3.05) is 11.1 Å². The van der Waals surface area contributed by atoms with Crippen LogP contribution < -0.4 is 5.32 Å². The van der Waals surface area contributed by atoms with E-state index in [4.69, 9.17) is 4.74 Å². The highest BCUT2D eigenvalue weighted by Crippen LogP contribution is 2.19. The van der Waals surface area contributed by atoms with Crippen molar-refractivity contribution in [3.63, 3.8) is 0 Å². The number of hydrogen-bond acceptors (Lipinski definition) is 5. The molecular formula is C15H16FNO5S. The Labute approximate surface area is 133 Å². The number of rotatable bonds is 5. The van der Waals surface area contributed by atoms with Crippen molar-refractivity contribution in [3.8, 4) is 0 Å². The zero-order valence-corrected chi connectivity index (χ0v) is 13.2. The topological polar surface area (TPSA) is 89.5 Å². The molecule has 2 unspecified atom stereocenters. The van der Waals surface area contributed by atoms with E-state index in [0.29, 0.717) is 0 Å². The van der Waals surface area contributed by atoms with Gasteiger partial charge in [0, 0.05) is 11.3 Å². The molecule has 0 radical (unpaired) electrons. The van der Waals surface area contributed by atoms with E-state index in [9.17, 15) is 22.4 Å². The molecule has 6 nitrogen and oxygen atoms in total. The van der Waals surface area contributed by atoms with Crippen LogP contribution >= 0.6 is 0 Å². The Kier molecular flexibility index (Phi) is 5.15. The highest BCUT2D eigenvalue weighted by Gasteiger charge is 2.26. The van der Waals surface area contributed by atoms with Crippen LogP contribution in [0.15, 0.2) is 35.7 Å². The van der Waals surface area contributed by atoms with Crippen molar-refractivity contribution < 1.29 is 27.1 Å². The summed E-state index contributed by atoms with van der Waals surface area (Å²) in [6, 6.07) is 5.62. The van der Waals surface area contributed by atoms with Gasteiger partial charge in [0.05, 0.1) is 17.9 Å². The third-order valence-corrected chi connectivity index (χ3v) is 4.71. The lowest BCUT2D eigenvalue weighted by Crippen LogP contribution is -2.30. The van der Waals surface area contributed by atoms with E-state index in [1.807, 2.05) is 0 Å². The largest absolute Gasteiger partial charge is 0.453 e. The normalized spacial score (nSPS) is 20.0. The number of halogens is 1. The molecule has 0 saturated heterocycles. The minimum Gasteiger partial charge on any atom is -0.453 e. The van der Waals surface area contributed by atoms with Gasteiger partial charge in [0.2, 0.25) is 0 Å². The van der Waals surface area contributed by atoms with Gasteiger partial charge in [-0.1, -0.05) is 18.2 Å². The predicted octanol–water partition coefficient (Wildman–Crippen LogP) is 1.64. The third-order valence-electron chi connectivity index (χ3n) is 3.24. The molecule has 1 aliphatic heterocycles. The second-order valence-electron chi connectivity index (χ2n) is 5.22. The first-order valence-electron chi connectivity index (χ1n) is 6.92. The van der Waals surface area contributed by atoms with Crippen LogP contribution in [0.2, 0.25) is 0 Å². The number of anilines is 1. The van der Waals surface area contributed by atoms with Gasteiger partial charge in [-0.3, -0.25) is 9.59 Å². The number of carbonyl (C=O) groups is 2. The molecule has 1 amide bonds. The van der Waals surface area contributed by atoms with E-state index in [2.05, 4.69) is 5.32 Å².